The zero-order valence-corrected chi connectivity index (χ0v) is 16.6. The standard InChI is InChI=1S/C22H27F2N3O2/c1-29-13-10-20(28)26-22(19-9-2-3-11-25-19)17-7-5-12-27(15-17)14-16-6-4-8-18(23)21(16)24/h2-4,6,8-9,11,17,22H,5,7,10,12-15H2,1H3,(H,26,28). The molecule has 1 saturated heterocycles. The van der Waals surface area contributed by atoms with Gasteiger partial charge in [0.1, 0.15) is 0 Å². The van der Waals surface area contributed by atoms with Crippen LogP contribution in [0.25, 0.3) is 0 Å². The van der Waals surface area contributed by atoms with Crippen molar-refractivity contribution in [2.45, 2.75) is 31.8 Å². The van der Waals surface area contributed by atoms with Crippen molar-refractivity contribution in [1.29, 1.82) is 0 Å². The molecule has 1 aromatic carbocycles. The Balaban J connectivity index is 1.73. The van der Waals surface area contributed by atoms with Crippen LogP contribution in [0.1, 0.15) is 36.6 Å². The summed E-state index contributed by atoms with van der Waals surface area (Å²) < 4.78 is 32.6. The molecule has 0 radical (unpaired) electrons. The zero-order valence-electron chi connectivity index (χ0n) is 16.6. The number of carbonyl (C=O) groups is 1. The molecule has 1 N–H and O–H groups in total. The van der Waals surface area contributed by atoms with E-state index in [0.29, 0.717) is 25.3 Å². The van der Waals surface area contributed by atoms with E-state index in [1.165, 1.54) is 6.07 Å². The van der Waals surface area contributed by atoms with Crippen LogP contribution >= 0.6 is 0 Å². The average molecular weight is 403 g/mol. The second kappa shape index (κ2) is 10.4. The number of hydrogen-bond donors (Lipinski definition) is 1. The molecule has 1 amide bonds. The van der Waals surface area contributed by atoms with Crippen molar-refractivity contribution in [2.75, 3.05) is 26.8 Å². The zero-order chi connectivity index (χ0) is 20.6. The Labute approximate surface area is 170 Å². The van der Waals surface area contributed by atoms with Gasteiger partial charge in [0.15, 0.2) is 11.6 Å². The molecule has 1 aliphatic rings. The molecule has 156 valence electrons. The van der Waals surface area contributed by atoms with Crippen molar-refractivity contribution in [3.63, 3.8) is 0 Å². The smallest absolute Gasteiger partial charge is 0.222 e. The third-order valence-corrected chi connectivity index (χ3v) is 5.30. The van der Waals surface area contributed by atoms with Crippen molar-refractivity contribution in [1.82, 2.24) is 15.2 Å². The molecule has 0 bridgehead atoms. The molecule has 29 heavy (non-hydrogen) atoms. The Morgan fingerprint density at radius 3 is 2.93 bits per heavy atom. The highest BCUT2D eigenvalue weighted by Crippen LogP contribution is 2.30. The highest BCUT2D eigenvalue weighted by Gasteiger charge is 2.30. The molecular formula is C22H27F2N3O2. The van der Waals surface area contributed by atoms with Gasteiger partial charge in [-0.2, -0.15) is 0 Å². The van der Waals surface area contributed by atoms with Gasteiger partial charge < -0.3 is 10.1 Å². The molecule has 1 fully saturated rings. The number of likely N-dealkylation sites (tertiary alicyclic amines) is 1. The van der Waals surface area contributed by atoms with Gasteiger partial charge in [0, 0.05) is 38.4 Å². The third-order valence-electron chi connectivity index (χ3n) is 5.30. The van der Waals surface area contributed by atoms with Crippen molar-refractivity contribution in [3.05, 3.63) is 65.5 Å². The Kier molecular flexibility index (Phi) is 7.66. The molecular weight excluding hydrogens is 376 g/mol. The van der Waals surface area contributed by atoms with Crippen LogP contribution in [0.15, 0.2) is 42.6 Å². The van der Waals surface area contributed by atoms with E-state index in [2.05, 4.69) is 15.2 Å². The summed E-state index contributed by atoms with van der Waals surface area (Å²) in [4.78, 5) is 18.9. The molecule has 5 nitrogen and oxygen atoms in total. The van der Waals surface area contributed by atoms with Crippen LogP contribution < -0.4 is 5.32 Å². The first kappa shape index (κ1) is 21.3. The first-order chi connectivity index (χ1) is 14.1. The summed E-state index contributed by atoms with van der Waals surface area (Å²) in [6.45, 7) is 2.17. The summed E-state index contributed by atoms with van der Waals surface area (Å²) in [5.41, 5.74) is 1.16. The van der Waals surface area contributed by atoms with Gasteiger partial charge >= 0.3 is 0 Å². The number of benzene rings is 1. The molecule has 2 unspecified atom stereocenters. The number of halogens is 2. The number of aromatic nitrogens is 1. The number of ether oxygens (including phenoxy) is 1. The van der Waals surface area contributed by atoms with Crippen molar-refractivity contribution >= 4 is 5.91 Å². The second-order valence-corrected chi connectivity index (χ2v) is 7.39. The van der Waals surface area contributed by atoms with E-state index < -0.39 is 11.6 Å². The number of piperidine rings is 1. The summed E-state index contributed by atoms with van der Waals surface area (Å²) in [5.74, 6) is -1.57. The third kappa shape index (κ3) is 5.81. The van der Waals surface area contributed by atoms with Gasteiger partial charge in [-0.05, 0) is 43.5 Å². The first-order valence-electron chi connectivity index (χ1n) is 9.93. The van der Waals surface area contributed by atoms with Crippen LogP contribution in [0.4, 0.5) is 8.78 Å². The summed E-state index contributed by atoms with van der Waals surface area (Å²) in [6.07, 6.45) is 3.84. The minimum Gasteiger partial charge on any atom is -0.384 e. The molecule has 1 aromatic heterocycles. The van der Waals surface area contributed by atoms with Gasteiger partial charge in [-0.25, -0.2) is 8.78 Å². The van der Waals surface area contributed by atoms with Gasteiger partial charge in [-0.15, -0.1) is 0 Å². The molecule has 7 heteroatoms. The number of hydrogen-bond acceptors (Lipinski definition) is 4. The lowest BCUT2D eigenvalue weighted by Crippen LogP contribution is -2.43. The maximum absolute atomic E-state index is 14.1. The highest BCUT2D eigenvalue weighted by atomic mass is 19.2. The van der Waals surface area contributed by atoms with Gasteiger partial charge in [0.25, 0.3) is 0 Å². The second-order valence-electron chi connectivity index (χ2n) is 7.39. The SMILES string of the molecule is COCCC(=O)NC(c1ccccn1)C1CCCN(Cc2cccc(F)c2F)C1. The van der Waals surface area contributed by atoms with Gasteiger partial charge in [0.2, 0.25) is 5.91 Å². The van der Waals surface area contributed by atoms with E-state index in [0.717, 1.165) is 31.1 Å². The lowest BCUT2D eigenvalue weighted by Gasteiger charge is -2.37. The minimum absolute atomic E-state index is 0.0872. The van der Waals surface area contributed by atoms with E-state index in [1.54, 1.807) is 19.4 Å². The number of methoxy groups -OCH3 is 1. The van der Waals surface area contributed by atoms with Crippen LogP contribution in [0.2, 0.25) is 0 Å². The van der Waals surface area contributed by atoms with E-state index in [1.807, 2.05) is 18.2 Å². The first-order valence-corrected chi connectivity index (χ1v) is 9.93. The fourth-order valence-corrected chi connectivity index (χ4v) is 3.85. The number of nitrogens with one attached hydrogen (secondary N) is 1. The number of rotatable bonds is 8. The van der Waals surface area contributed by atoms with E-state index in [4.69, 9.17) is 4.74 Å². The Bertz CT molecular complexity index is 804. The van der Waals surface area contributed by atoms with Crippen molar-refractivity contribution in [2.24, 2.45) is 5.92 Å². The lowest BCUT2D eigenvalue weighted by atomic mass is 9.88. The topological polar surface area (TPSA) is 54.5 Å². The van der Waals surface area contributed by atoms with Crippen molar-refractivity contribution < 1.29 is 18.3 Å². The average Bonchev–Trinajstić information content (AvgIpc) is 2.74. The predicted octanol–water partition coefficient (Wildman–Crippen LogP) is 3.47. The Hall–Kier alpha value is -2.38. The van der Waals surface area contributed by atoms with Crippen LogP contribution in [-0.2, 0) is 16.1 Å². The maximum Gasteiger partial charge on any atom is 0.222 e. The molecule has 1 aliphatic heterocycles. The monoisotopic (exact) mass is 403 g/mol. The van der Waals surface area contributed by atoms with Gasteiger partial charge in [-0.1, -0.05) is 18.2 Å². The Morgan fingerprint density at radius 2 is 2.17 bits per heavy atom. The Morgan fingerprint density at radius 1 is 1.31 bits per heavy atom. The quantitative estimate of drug-likeness (QED) is 0.733. The van der Waals surface area contributed by atoms with Gasteiger partial charge in [-0.3, -0.25) is 14.7 Å². The lowest BCUT2D eigenvalue weighted by molar-refractivity contribution is -0.123. The fourth-order valence-electron chi connectivity index (χ4n) is 3.85. The molecule has 2 heterocycles. The van der Waals surface area contributed by atoms with E-state index in [9.17, 15) is 13.6 Å². The van der Waals surface area contributed by atoms with Crippen LogP contribution in [-0.4, -0.2) is 42.6 Å². The van der Waals surface area contributed by atoms with Crippen LogP contribution in [0.5, 0.6) is 0 Å². The molecule has 0 saturated carbocycles. The molecule has 3 rings (SSSR count). The number of amides is 1. The highest BCUT2D eigenvalue weighted by molar-refractivity contribution is 5.76. The molecule has 0 aliphatic carbocycles. The summed E-state index contributed by atoms with van der Waals surface area (Å²) in [6, 6.07) is 9.69. The normalized spacial score (nSPS) is 18.4. The minimum atomic E-state index is -0.826. The number of nitrogens with zero attached hydrogens (tertiary/aromatic N) is 2. The number of carbonyl (C=O) groups excluding carboxylic acids is 1. The predicted molar refractivity (Wildman–Crippen MR) is 106 cm³/mol. The summed E-state index contributed by atoms with van der Waals surface area (Å²) >= 11 is 0. The summed E-state index contributed by atoms with van der Waals surface area (Å²) in [7, 11) is 1.56. The van der Waals surface area contributed by atoms with E-state index >= 15 is 0 Å². The maximum atomic E-state index is 14.1. The van der Waals surface area contributed by atoms with Gasteiger partial charge in [0.05, 0.1) is 18.3 Å². The van der Waals surface area contributed by atoms with Crippen LogP contribution in [0.3, 0.4) is 0 Å². The van der Waals surface area contributed by atoms with Crippen molar-refractivity contribution in [3.8, 4) is 0 Å². The number of pyridine rings is 1. The molecule has 2 atom stereocenters. The van der Waals surface area contributed by atoms with E-state index in [-0.39, 0.29) is 24.3 Å². The molecule has 2 aromatic rings. The summed E-state index contributed by atoms with van der Waals surface area (Å²) in [5, 5.41) is 3.10. The largest absolute Gasteiger partial charge is 0.384 e. The fraction of sp³-hybridized carbons (Fsp3) is 0.455. The van der Waals surface area contributed by atoms with Crippen LogP contribution in [0, 0.1) is 17.6 Å². The molecule has 0 spiro atoms.